The van der Waals surface area contributed by atoms with Crippen molar-refractivity contribution in [3.8, 4) is 0 Å². The highest BCUT2D eigenvalue weighted by Crippen LogP contribution is 2.29. The molecule has 0 aliphatic heterocycles. The average Bonchev–Trinajstić information content (AvgIpc) is 2.31. The molecule has 2 unspecified atom stereocenters. The largest absolute Gasteiger partial charge is 0.299 e. The summed E-state index contributed by atoms with van der Waals surface area (Å²) < 4.78 is 12.2. The van der Waals surface area contributed by atoms with Crippen LogP contribution in [0.25, 0.3) is 0 Å². The number of allylic oxidation sites excluding steroid dienone is 1. The van der Waals surface area contributed by atoms with Gasteiger partial charge in [-0.15, -0.1) is 0 Å². The standard InChI is InChI=1S/C16H32N2OS/c1-12(2)13(3)18-14(17-9)10-11-16(7,8)20(19)15(4,5)6/h14,17H,1,10-11H2,2-9H3. The lowest BCUT2D eigenvalue weighted by Gasteiger charge is -2.32. The van der Waals surface area contributed by atoms with Crippen LogP contribution in [0.4, 0.5) is 0 Å². The molecule has 0 saturated heterocycles. The van der Waals surface area contributed by atoms with Crippen molar-refractivity contribution in [1.29, 1.82) is 0 Å². The molecule has 0 aromatic rings. The third kappa shape index (κ3) is 6.31. The number of nitrogens with one attached hydrogen (secondary N) is 1. The lowest BCUT2D eigenvalue weighted by atomic mass is 10.1. The maximum atomic E-state index is 12.6. The second kappa shape index (κ2) is 7.51. The van der Waals surface area contributed by atoms with E-state index in [1.54, 1.807) is 0 Å². The molecular weight excluding hydrogens is 268 g/mol. The maximum Gasteiger partial charge on any atom is 0.0995 e. The van der Waals surface area contributed by atoms with Gasteiger partial charge >= 0.3 is 0 Å². The van der Waals surface area contributed by atoms with Crippen LogP contribution in [-0.4, -0.2) is 32.6 Å². The Kier molecular flexibility index (Phi) is 7.33. The second-order valence-electron chi connectivity index (χ2n) is 6.98. The summed E-state index contributed by atoms with van der Waals surface area (Å²) in [7, 11) is 1.03. The number of hydrogen-bond donors (Lipinski definition) is 1. The minimum atomic E-state index is -0.881. The molecule has 0 saturated carbocycles. The SMILES string of the molecule is C=C(C)C(C)=NC(CCC(C)(C)S(=O)C(C)(C)C)NC. The van der Waals surface area contributed by atoms with Crippen LogP contribution in [0, 0.1) is 0 Å². The smallest absolute Gasteiger partial charge is 0.0995 e. The third-order valence-corrected chi connectivity index (χ3v) is 5.70. The maximum absolute atomic E-state index is 12.6. The highest BCUT2D eigenvalue weighted by atomic mass is 32.2. The van der Waals surface area contributed by atoms with E-state index in [2.05, 4.69) is 30.7 Å². The predicted molar refractivity (Wildman–Crippen MR) is 92.0 cm³/mol. The van der Waals surface area contributed by atoms with E-state index < -0.39 is 10.8 Å². The minimum absolute atomic E-state index is 0.0583. The number of hydrogen-bond acceptors (Lipinski definition) is 3. The Labute approximate surface area is 127 Å². The Morgan fingerprint density at radius 2 is 1.75 bits per heavy atom. The molecule has 1 N–H and O–H groups in total. The summed E-state index contributed by atoms with van der Waals surface area (Å²) in [6.07, 6.45) is 1.80. The first-order valence-corrected chi connectivity index (χ1v) is 8.36. The van der Waals surface area contributed by atoms with E-state index in [1.807, 2.05) is 41.7 Å². The molecule has 118 valence electrons. The van der Waals surface area contributed by atoms with Crippen molar-refractivity contribution in [2.75, 3.05) is 7.05 Å². The van der Waals surface area contributed by atoms with Gasteiger partial charge in [0.2, 0.25) is 0 Å². The molecule has 0 fully saturated rings. The van der Waals surface area contributed by atoms with E-state index in [0.29, 0.717) is 0 Å². The number of rotatable bonds is 7. The fourth-order valence-corrected chi connectivity index (χ4v) is 3.98. The van der Waals surface area contributed by atoms with Gasteiger partial charge in [0.15, 0.2) is 0 Å². The topological polar surface area (TPSA) is 41.5 Å². The van der Waals surface area contributed by atoms with Gasteiger partial charge in [0.1, 0.15) is 0 Å². The van der Waals surface area contributed by atoms with Crippen molar-refractivity contribution in [3.05, 3.63) is 12.2 Å². The summed E-state index contributed by atoms with van der Waals surface area (Å²) in [6.45, 7) is 18.1. The summed E-state index contributed by atoms with van der Waals surface area (Å²) in [6, 6.07) is 0. The molecule has 0 aliphatic carbocycles. The minimum Gasteiger partial charge on any atom is -0.299 e. The highest BCUT2D eigenvalue weighted by Gasteiger charge is 2.34. The van der Waals surface area contributed by atoms with Gasteiger partial charge in [-0.2, -0.15) is 0 Å². The normalized spacial score (nSPS) is 16.9. The van der Waals surface area contributed by atoms with Gasteiger partial charge in [-0.05, 0) is 73.9 Å². The molecule has 3 nitrogen and oxygen atoms in total. The first-order chi connectivity index (χ1) is 8.91. The molecule has 0 aromatic carbocycles. The molecule has 0 aliphatic rings. The molecule has 0 spiro atoms. The number of aliphatic imine (C=N–C) groups is 1. The molecule has 0 rings (SSSR count). The molecule has 2 atom stereocenters. The fraction of sp³-hybridized carbons (Fsp3) is 0.812. The molecule has 0 bridgehead atoms. The monoisotopic (exact) mass is 300 g/mol. The van der Waals surface area contributed by atoms with Gasteiger partial charge in [0.05, 0.1) is 6.17 Å². The van der Waals surface area contributed by atoms with Crippen molar-refractivity contribution in [1.82, 2.24) is 5.32 Å². The average molecular weight is 301 g/mol. The summed E-state index contributed by atoms with van der Waals surface area (Å²) in [5, 5.41) is 3.21. The highest BCUT2D eigenvalue weighted by molar-refractivity contribution is 7.87. The Morgan fingerprint density at radius 3 is 2.10 bits per heavy atom. The van der Waals surface area contributed by atoms with E-state index in [-0.39, 0.29) is 15.7 Å². The van der Waals surface area contributed by atoms with Crippen LogP contribution in [0.2, 0.25) is 0 Å². The fourth-order valence-electron chi connectivity index (χ4n) is 2.02. The summed E-state index contributed by atoms with van der Waals surface area (Å²) in [4.78, 5) is 4.63. The quantitative estimate of drug-likeness (QED) is 0.729. The zero-order valence-corrected chi connectivity index (χ0v) is 15.3. The lowest BCUT2D eigenvalue weighted by molar-refractivity contribution is 0.472. The zero-order chi connectivity index (χ0) is 16.1. The van der Waals surface area contributed by atoms with Crippen LogP contribution >= 0.6 is 0 Å². The van der Waals surface area contributed by atoms with E-state index in [1.165, 1.54) is 0 Å². The molecular formula is C16H32N2OS. The first kappa shape index (κ1) is 19.5. The van der Waals surface area contributed by atoms with Gasteiger partial charge in [-0.1, -0.05) is 6.58 Å². The molecule has 0 aromatic heterocycles. The molecule has 0 radical (unpaired) electrons. The van der Waals surface area contributed by atoms with E-state index in [0.717, 1.165) is 24.1 Å². The van der Waals surface area contributed by atoms with Crippen LogP contribution in [-0.2, 0) is 10.8 Å². The Hall–Kier alpha value is -0.480. The van der Waals surface area contributed by atoms with Gasteiger partial charge in [0, 0.05) is 26.0 Å². The van der Waals surface area contributed by atoms with Crippen LogP contribution in [0.1, 0.15) is 61.3 Å². The van der Waals surface area contributed by atoms with Crippen molar-refractivity contribution >= 4 is 16.5 Å². The van der Waals surface area contributed by atoms with Crippen LogP contribution in [0.3, 0.4) is 0 Å². The number of nitrogens with zero attached hydrogens (tertiary/aromatic N) is 1. The van der Waals surface area contributed by atoms with Gasteiger partial charge in [-0.25, -0.2) is 0 Å². The molecule has 4 heteroatoms. The van der Waals surface area contributed by atoms with Crippen molar-refractivity contribution in [2.24, 2.45) is 4.99 Å². The van der Waals surface area contributed by atoms with Crippen molar-refractivity contribution < 1.29 is 4.21 Å². The third-order valence-electron chi connectivity index (χ3n) is 3.38. The zero-order valence-electron chi connectivity index (χ0n) is 14.5. The van der Waals surface area contributed by atoms with E-state index in [9.17, 15) is 4.21 Å². The lowest BCUT2D eigenvalue weighted by Crippen LogP contribution is -2.39. The summed E-state index contributed by atoms with van der Waals surface area (Å²) in [5.41, 5.74) is 1.96. The van der Waals surface area contributed by atoms with Gasteiger partial charge < -0.3 is 0 Å². The Bertz CT molecular complexity index is 392. The van der Waals surface area contributed by atoms with Crippen LogP contribution < -0.4 is 5.32 Å². The first-order valence-electron chi connectivity index (χ1n) is 7.21. The van der Waals surface area contributed by atoms with E-state index >= 15 is 0 Å². The molecule has 0 amide bonds. The van der Waals surface area contributed by atoms with Gasteiger partial charge in [0.25, 0.3) is 0 Å². The summed E-state index contributed by atoms with van der Waals surface area (Å²) in [5.74, 6) is 0. The van der Waals surface area contributed by atoms with Crippen LogP contribution in [0.15, 0.2) is 17.1 Å². The Morgan fingerprint density at radius 1 is 1.25 bits per heavy atom. The van der Waals surface area contributed by atoms with E-state index in [4.69, 9.17) is 0 Å². The van der Waals surface area contributed by atoms with Crippen LogP contribution in [0.5, 0.6) is 0 Å². The summed E-state index contributed by atoms with van der Waals surface area (Å²) >= 11 is 0. The molecule has 0 heterocycles. The predicted octanol–water partition coefficient (Wildman–Crippen LogP) is 3.67. The van der Waals surface area contributed by atoms with Gasteiger partial charge in [-0.3, -0.25) is 14.5 Å². The molecule has 20 heavy (non-hydrogen) atoms. The van der Waals surface area contributed by atoms with Crippen molar-refractivity contribution in [2.45, 2.75) is 77.0 Å². The second-order valence-corrected chi connectivity index (χ2v) is 9.85. The Balaban J connectivity index is 4.77. The van der Waals surface area contributed by atoms with Crippen molar-refractivity contribution in [3.63, 3.8) is 0 Å².